The maximum Gasteiger partial charge on any atom is 0.246 e. The third-order valence-corrected chi connectivity index (χ3v) is 4.04. The Morgan fingerprint density at radius 2 is 1.95 bits per heavy atom. The number of benzene rings is 2. The molecule has 1 amide bonds. The zero-order chi connectivity index (χ0) is 16.1. The van der Waals surface area contributed by atoms with Crippen LogP contribution in [0.4, 0.5) is 11.4 Å². The lowest BCUT2D eigenvalue weighted by Crippen LogP contribution is -2.35. The summed E-state index contributed by atoms with van der Waals surface area (Å²) in [7, 11) is 0. The van der Waals surface area contributed by atoms with Crippen LogP contribution in [0, 0.1) is 13.8 Å². The highest BCUT2D eigenvalue weighted by atomic mass is 79.9. The number of hydrogen-bond donors (Lipinski definition) is 1. The zero-order valence-corrected chi connectivity index (χ0v) is 14.8. The summed E-state index contributed by atoms with van der Waals surface area (Å²) in [6.45, 7) is 6.99. The molecule has 0 heterocycles. The lowest BCUT2D eigenvalue weighted by atomic mass is 10.2. The maximum atomic E-state index is 12.5. The number of anilines is 2. The van der Waals surface area contributed by atoms with E-state index in [0.717, 1.165) is 27.0 Å². The second kappa shape index (κ2) is 7.45. The average molecular weight is 361 g/mol. The number of hydrogen-bond acceptors (Lipinski definition) is 2. The molecule has 116 valence electrons. The molecule has 0 bridgehead atoms. The second-order valence-electron chi connectivity index (χ2n) is 5.29. The van der Waals surface area contributed by atoms with Crippen molar-refractivity contribution in [1.82, 2.24) is 0 Å². The molecule has 0 aliphatic carbocycles. The Bertz CT molecular complexity index is 670. The number of halogens is 1. The average Bonchev–Trinajstić information content (AvgIpc) is 2.47. The first-order chi connectivity index (χ1) is 10.5. The standard InChI is InChI=1S/C18H21BrN2O/c1-4-21(16-7-5-6-13(2)10-16)18(22)12-20-17-9-8-15(19)11-14(17)3/h5-11,20H,4,12H2,1-3H3. The molecule has 0 radical (unpaired) electrons. The molecular formula is C18H21BrN2O. The van der Waals surface area contributed by atoms with Crippen molar-refractivity contribution in [2.24, 2.45) is 0 Å². The highest BCUT2D eigenvalue weighted by molar-refractivity contribution is 9.10. The van der Waals surface area contributed by atoms with Crippen molar-refractivity contribution in [2.45, 2.75) is 20.8 Å². The minimum Gasteiger partial charge on any atom is -0.376 e. The van der Waals surface area contributed by atoms with Crippen LogP contribution in [0.3, 0.4) is 0 Å². The van der Waals surface area contributed by atoms with E-state index in [2.05, 4.69) is 21.2 Å². The largest absolute Gasteiger partial charge is 0.376 e. The van der Waals surface area contributed by atoms with Crippen LogP contribution in [0.2, 0.25) is 0 Å². The number of nitrogens with one attached hydrogen (secondary N) is 1. The Labute approximate surface area is 140 Å². The van der Waals surface area contributed by atoms with Gasteiger partial charge in [0.1, 0.15) is 0 Å². The van der Waals surface area contributed by atoms with Gasteiger partial charge in [0, 0.05) is 22.4 Å². The molecule has 2 aromatic carbocycles. The molecule has 0 aromatic heterocycles. The molecule has 0 unspecified atom stereocenters. The normalized spacial score (nSPS) is 10.4. The van der Waals surface area contributed by atoms with Crippen LogP contribution < -0.4 is 10.2 Å². The molecule has 0 saturated heterocycles. The first-order valence-corrected chi connectivity index (χ1v) is 8.17. The molecule has 3 nitrogen and oxygen atoms in total. The first-order valence-electron chi connectivity index (χ1n) is 7.38. The topological polar surface area (TPSA) is 32.3 Å². The van der Waals surface area contributed by atoms with Gasteiger partial charge in [-0.25, -0.2) is 0 Å². The molecule has 1 N–H and O–H groups in total. The van der Waals surface area contributed by atoms with Gasteiger partial charge >= 0.3 is 0 Å². The van der Waals surface area contributed by atoms with Gasteiger partial charge in [-0.2, -0.15) is 0 Å². The fourth-order valence-electron chi connectivity index (χ4n) is 2.39. The van der Waals surface area contributed by atoms with Crippen LogP contribution in [0.1, 0.15) is 18.1 Å². The minimum absolute atomic E-state index is 0.0652. The van der Waals surface area contributed by atoms with Crippen LogP contribution in [0.5, 0.6) is 0 Å². The van der Waals surface area contributed by atoms with Gasteiger partial charge in [0.05, 0.1) is 6.54 Å². The molecule has 2 aromatic rings. The molecule has 0 spiro atoms. The number of likely N-dealkylation sites (N-methyl/N-ethyl adjacent to an activating group) is 1. The summed E-state index contributed by atoms with van der Waals surface area (Å²) >= 11 is 3.45. The van der Waals surface area contributed by atoms with Crippen molar-refractivity contribution in [2.75, 3.05) is 23.3 Å². The molecule has 0 saturated carbocycles. The first kappa shape index (κ1) is 16.6. The summed E-state index contributed by atoms with van der Waals surface area (Å²) < 4.78 is 1.04. The monoisotopic (exact) mass is 360 g/mol. The molecule has 2 rings (SSSR count). The highest BCUT2D eigenvalue weighted by Crippen LogP contribution is 2.20. The number of amides is 1. The van der Waals surface area contributed by atoms with E-state index in [4.69, 9.17) is 0 Å². The van der Waals surface area contributed by atoms with Crippen LogP contribution in [0.25, 0.3) is 0 Å². The molecule has 0 aliphatic rings. The van der Waals surface area contributed by atoms with Gasteiger partial charge in [0.25, 0.3) is 0 Å². The Morgan fingerprint density at radius 1 is 1.18 bits per heavy atom. The van der Waals surface area contributed by atoms with Crippen LogP contribution in [-0.4, -0.2) is 19.0 Å². The third-order valence-electron chi connectivity index (χ3n) is 3.55. The summed E-state index contributed by atoms with van der Waals surface area (Å²) in [5, 5.41) is 3.23. The summed E-state index contributed by atoms with van der Waals surface area (Å²) in [6.07, 6.45) is 0. The Balaban J connectivity index is 2.06. The van der Waals surface area contributed by atoms with E-state index < -0.39 is 0 Å². The molecule has 0 fully saturated rings. The predicted octanol–water partition coefficient (Wildman–Crippen LogP) is 4.53. The summed E-state index contributed by atoms with van der Waals surface area (Å²) in [5.74, 6) is 0.0652. The van der Waals surface area contributed by atoms with Crippen molar-refractivity contribution in [3.63, 3.8) is 0 Å². The van der Waals surface area contributed by atoms with Crippen molar-refractivity contribution >= 4 is 33.2 Å². The molecule has 22 heavy (non-hydrogen) atoms. The van der Waals surface area contributed by atoms with Crippen molar-refractivity contribution in [1.29, 1.82) is 0 Å². The van der Waals surface area contributed by atoms with Crippen molar-refractivity contribution in [3.05, 3.63) is 58.1 Å². The van der Waals surface area contributed by atoms with Gasteiger partial charge in [-0.3, -0.25) is 4.79 Å². The Morgan fingerprint density at radius 3 is 2.59 bits per heavy atom. The van der Waals surface area contributed by atoms with Gasteiger partial charge in [0.15, 0.2) is 0 Å². The summed E-state index contributed by atoms with van der Waals surface area (Å²) in [4.78, 5) is 14.3. The quantitative estimate of drug-likeness (QED) is 0.849. The maximum absolute atomic E-state index is 12.5. The highest BCUT2D eigenvalue weighted by Gasteiger charge is 2.14. The smallest absolute Gasteiger partial charge is 0.246 e. The second-order valence-corrected chi connectivity index (χ2v) is 6.21. The van der Waals surface area contributed by atoms with E-state index in [-0.39, 0.29) is 12.5 Å². The predicted molar refractivity (Wildman–Crippen MR) is 96.6 cm³/mol. The fraction of sp³-hybridized carbons (Fsp3) is 0.278. The van der Waals surface area contributed by atoms with Crippen LogP contribution in [0.15, 0.2) is 46.9 Å². The number of carbonyl (C=O) groups excluding carboxylic acids is 1. The lowest BCUT2D eigenvalue weighted by Gasteiger charge is -2.22. The third kappa shape index (κ3) is 4.10. The van der Waals surface area contributed by atoms with Crippen molar-refractivity contribution in [3.8, 4) is 0 Å². The number of nitrogens with zero attached hydrogens (tertiary/aromatic N) is 1. The Hall–Kier alpha value is -1.81. The summed E-state index contributed by atoms with van der Waals surface area (Å²) in [5.41, 5.74) is 4.19. The van der Waals surface area contributed by atoms with Gasteiger partial charge in [-0.1, -0.05) is 28.1 Å². The van der Waals surface area contributed by atoms with Crippen LogP contribution in [-0.2, 0) is 4.79 Å². The van der Waals surface area contributed by atoms with Crippen molar-refractivity contribution < 1.29 is 4.79 Å². The number of carbonyl (C=O) groups is 1. The van der Waals surface area contributed by atoms with Gasteiger partial charge < -0.3 is 10.2 Å². The van der Waals surface area contributed by atoms with E-state index in [1.54, 1.807) is 4.90 Å². The molecule has 4 heteroatoms. The minimum atomic E-state index is 0.0652. The molecular weight excluding hydrogens is 340 g/mol. The zero-order valence-electron chi connectivity index (χ0n) is 13.2. The fourth-order valence-corrected chi connectivity index (χ4v) is 2.87. The SMILES string of the molecule is CCN(C(=O)CNc1ccc(Br)cc1C)c1cccc(C)c1. The molecule has 0 aliphatic heterocycles. The van der Waals surface area contributed by atoms with Crippen LogP contribution >= 0.6 is 15.9 Å². The lowest BCUT2D eigenvalue weighted by molar-refractivity contribution is -0.116. The number of aryl methyl sites for hydroxylation is 2. The Kier molecular flexibility index (Phi) is 5.61. The molecule has 0 atom stereocenters. The van der Waals surface area contributed by atoms with E-state index in [9.17, 15) is 4.79 Å². The van der Waals surface area contributed by atoms with Gasteiger partial charge in [-0.15, -0.1) is 0 Å². The van der Waals surface area contributed by atoms with E-state index in [1.165, 1.54) is 0 Å². The van der Waals surface area contributed by atoms with Gasteiger partial charge in [-0.05, 0) is 62.2 Å². The van der Waals surface area contributed by atoms with E-state index >= 15 is 0 Å². The number of rotatable bonds is 5. The van der Waals surface area contributed by atoms with E-state index in [0.29, 0.717) is 6.54 Å². The van der Waals surface area contributed by atoms with Gasteiger partial charge in [0.2, 0.25) is 5.91 Å². The summed E-state index contributed by atoms with van der Waals surface area (Å²) in [6, 6.07) is 14.0. The van der Waals surface area contributed by atoms with E-state index in [1.807, 2.05) is 63.2 Å².